The van der Waals surface area contributed by atoms with E-state index in [4.69, 9.17) is 0 Å². The zero-order chi connectivity index (χ0) is 20.7. The lowest BCUT2D eigenvalue weighted by atomic mass is 9.94. The van der Waals surface area contributed by atoms with Gasteiger partial charge < -0.3 is 0 Å². The highest BCUT2D eigenvalue weighted by atomic mass is 19.4. The lowest BCUT2D eigenvalue weighted by molar-refractivity contribution is -0.348. The second-order valence-electron chi connectivity index (χ2n) is 6.08. The smallest absolute Gasteiger partial charge is 0.220 e. The van der Waals surface area contributed by atoms with Crippen molar-refractivity contribution in [2.45, 2.75) is 24.9 Å². The molecule has 0 unspecified atom stereocenters. The maximum absolute atomic E-state index is 14.0. The van der Waals surface area contributed by atoms with Crippen LogP contribution in [0, 0.1) is 6.92 Å². The fourth-order valence-corrected chi connectivity index (χ4v) is 2.55. The van der Waals surface area contributed by atoms with E-state index >= 15 is 0 Å². The normalized spacial score (nSPS) is 13.0. The minimum atomic E-state index is -6.15. The van der Waals surface area contributed by atoms with Gasteiger partial charge in [-0.05, 0) is 19.1 Å². The van der Waals surface area contributed by atoms with E-state index in [0.29, 0.717) is 23.5 Å². The molecule has 0 spiro atoms. The topological polar surface area (TPSA) is 30.7 Å². The molecule has 3 aromatic rings. The molecule has 0 saturated heterocycles. The van der Waals surface area contributed by atoms with Crippen LogP contribution in [0.2, 0.25) is 0 Å². The maximum atomic E-state index is 14.0. The van der Waals surface area contributed by atoms with Gasteiger partial charge in [-0.3, -0.25) is 0 Å². The van der Waals surface area contributed by atoms with Crippen molar-refractivity contribution in [3.8, 4) is 17.1 Å². The third kappa shape index (κ3) is 3.34. The number of rotatable bonds is 3. The molecule has 0 saturated carbocycles. The van der Waals surface area contributed by atoms with Gasteiger partial charge in [-0.15, -0.1) is 5.10 Å². The van der Waals surface area contributed by atoms with Crippen molar-refractivity contribution in [2.24, 2.45) is 0 Å². The van der Waals surface area contributed by atoms with Crippen LogP contribution >= 0.6 is 0 Å². The Balaban J connectivity index is 1.94. The van der Waals surface area contributed by atoms with Crippen LogP contribution in [0.5, 0.6) is 0 Å². The summed E-state index contributed by atoms with van der Waals surface area (Å²) in [7, 11) is 0. The van der Waals surface area contributed by atoms with Crippen molar-refractivity contribution in [3.63, 3.8) is 0 Å². The Morgan fingerprint density at radius 2 is 1.29 bits per heavy atom. The number of nitrogens with zero attached hydrogens (tertiary/aromatic N) is 3. The molecule has 2 aromatic carbocycles. The van der Waals surface area contributed by atoms with Crippen LogP contribution in [-0.2, 0) is 5.67 Å². The molecule has 1 aromatic heterocycles. The number of benzene rings is 2. The lowest BCUT2D eigenvalue weighted by Crippen LogP contribution is -2.50. The Hall–Kier alpha value is -2.91. The number of aryl methyl sites for hydroxylation is 1. The van der Waals surface area contributed by atoms with Gasteiger partial charge in [0.15, 0.2) is 5.82 Å². The van der Waals surface area contributed by atoms with Crippen molar-refractivity contribution in [1.82, 2.24) is 14.8 Å². The first-order valence-electron chi connectivity index (χ1n) is 7.85. The number of alkyl halides is 7. The molecule has 148 valence electrons. The summed E-state index contributed by atoms with van der Waals surface area (Å²) in [6, 6.07) is 9.89. The van der Waals surface area contributed by atoms with Gasteiger partial charge in [0.05, 0.1) is 5.69 Å². The average molecular weight is 403 g/mol. The lowest BCUT2D eigenvalue weighted by Gasteiger charge is -2.30. The second kappa shape index (κ2) is 6.61. The van der Waals surface area contributed by atoms with Crippen LogP contribution in [0.1, 0.15) is 11.1 Å². The molecule has 3 rings (SSSR count). The van der Waals surface area contributed by atoms with E-state index in [9.17, 15) is 30.7 Å². The Kier molecular flexibility index (Phi) is 4.68. The van der Waals surface area contributed by atoms with E-state index in [1.165, 1.54) is 11.0 Å². The summed E-state index contributed by atoms with van der Waals surface area (Å²) in [4.78, 5) is 4.06. The molecule has 0 aliphatic carbocycles. The molecule has 0 radical (unpaired) electrons. The summed E-state index contributed by atoms with van der Waals surface area (Å²) in [5.41, 5.74) is -5.20. The van der Waals surface area contributed by atoms with Gasteiger partial charge in [-0.2, -0.15) is 26.3 Å². The van der Waals surface area contributed by atoms with Crippen molar-refractivity contribution < 1.29 is 30.7 Å². The summed E-state index contributed by atoms with van der Waals surface area (Å²) in [6.07, 6.45) is -11.1. The number of hydrogen-bond acceptors (Lipinski definition) is 2. The molecule has 3 nitrogen and oxygen atoms in total. The fraction of sp³-hybridized carbons (Fsp3) is 0.222. The standard InChI is InChI=1S/C18H12F7N3/c1-11-2-4-12(5-3-11)15-26-10-28(27-15)14-8-6-13(7-9-14)16(19,17(20,21)22)18(23,24)25/h2-10H,1H3. The Bertz CT molecular complexity index is 941. The van der Waals surface area contributed by atoms with Crippen LogP contribution in [0.25, 0.3) is 17.1 Å². The molecule has 0 N–H and O–H groups in total. The van der Waals surface area contributed by atoms with E-state index in [0.717, 1.165) is 17.7 Å². The highest BCUT2D eigenvalue weighted by molar-refractivity contribution is 5.55. The van der Waals surface area contributed by atoms with Gasteiger partial charge in [-0.25, -0.2) is 14.1 Å². The quantitative estimate of drug-likeness (QED) is 0.539. The molecule has 0 aliphatic rings. The zero-order valence-electron chi connectivity index (χ0n) is 14.2. The zero-order valence-corrected chi connectivity index (χ0v) is 14.2. The predicted octanol–water partition coefficient (Wildman–Crippen LogP) is 5.53. The van der Waals surface area contributed by atoms with Gasteiger partial charge >= 0.3 is 18.0 Å². The monoisotopic (exact) mass is 403 g/mol. The van der Waals surface area contributed by atoms with Gasteiger partial charge in [-0.1, -0.05) is 42.0 Å². The summed E-state index contributed by atoms with van der Waals surface area (Å²) < 4.78 is 92.1. The summed E-state index contributed by atoms with van der Waals surface area (Å²) in [5.74, 6) is 0.314. The minimum absolute atomic E-state index is 0.126. The summed E-state index contributed by atoms with van der Waals surface area (Å²) >= 11 is 0. The molecule has 0 atom stereocenters. The van der Waals surface area contributed by atoms with Crippen molar-refractivity contribution >= 4 is 0 Å². The molecule has 0 fully saturated rings. The predicted molar refractivity (Wildman–Crippen MR) is 86.4 cm³/mol. The van der Waals surface area contributed by atoms with Crippen molar-refractivity contribution in [2.75, 3.05) is 0 Å². The summed E-state index contributed by atoms with van der Waals surface area (Å²) in [6.45, 7) is 1.89. The maximum Gasteiger partial charge on any atom is 0.435 e. The van der Waals surface area contributed by atoms with Gasteiger partial charge in [0, 0.05) is 11.1 Å². The SMILES string of the molecule is Cc1ccc(-c2ncn(-c3ccc(C(F)(C(F)(F)F)C(F)(F)F)cc3)n2)cc1. The van der Waals surface area contributed by atoms with E-state index in [-0.39, 0.29) is 5.69 Å². The molecular weight excluding hydrogens is 391 g/mol. The highest BCUT2D eigenvalue weighted by Crippen LogP contribution is 2.53. The van der Waals surface area contributed by atoms with Crippen molar-refractivity contribution in [3.05, 3.63) is 66.0 Å². The van der Waals surface area contributed by atoms with Gasteiger partial charge in [0.2, 0.25) is 0 Å². The van der Waals surface area contributed by atoms with Gasteiger partial charge in [0.1, 0.15) is 6.33 Å². The first-order valence-corrected chi connectivity index (χ1v) is 7.85. The minimum Gasteiger partial charge on any atom is -0.220 e. The first kappa shape index (κ1) is 19.8. The molecule has 28 heavy (non-hydrogen) atoms. The van der Waals surface area contributed by atoms with Crippen LogP contribution < -0.4 is 0 Å². The molecular formula is C18H12F7N3. The second-order valence-corrected chi connectivity index (χ2v) is 6.08. The molecule has 0 aliphatic heterocycles. The van der Waals surface area contributed by atoms with E-state index in [1.807, 2.05) is 19.1 Å². The van der Waals surface area contributed by atoms with E-state index in [2.05, 4.69) is 10.1 Å². The first-order chi connectivity index (χ1) is 12.9. The average Bonchev–Trinajstić information content (AvgIpc) is 3.10. The fourth-order valence-electron chi connectivity index (χ4n) is 2.55. The van der Waals surface area contributed by atoms with Crippen LogP contribution in [0.4, 0.5) is 30.7 Å². The Labute approximate surface area is 154 Å². The van der Waals surface area contributed by atoms with Crippen LogP contribution in [0.15, 0.2) is 54.9 Å². The molecule has 1 heterocycles. The van der Waals surface area contributed by atoms with Crippen LogP contribution in [-0.4, -0.2) is 27.1 Å². The summed E-state index contributed by atoms with van der Waals surface area (Å²) in [5, 5.41) is 4.14. The Morgan fingerprint density at radius 3 is 1.79 bits per heavy atom. The largest absolute Gasteiger partial charge is 0.435 e. The number of hydrogen-bond donors (Lipinski definition) is 0. The molecule has 10 heteroatoms. The molecule has 0 amide bonds. The molecule has 0 bridgehead atoms. The van der Waals surface area contributed by atoms with Gasteiger partial charge in [0.25, 0.3) is 0 Å². The highest BCUT2D eigenvalue weighted by Gasteiger charge is 2.73. The third-order valence-electron chi connectivity index (χ3n) is 4.11. The number of aromatic nitrogens is 3. The number of halogens is 7. The Morgan fingerprint density at radius 1 is 0.750 bits per heavy atom. The third-order valence-corrected chi connectivity index (χ3v) is 4.11. The van der Waals surface area contributed by atoms with Crippen LogP contribution in [0.3, 0.4) is 0 Å². The van der Waals surface area contributed by atoms with Crippen molar-refractivity contribution in [1.29, 1.82) is 0 Å². The van der Waals surface area contributed by atoms with E-state index < -0.39 is 23.6 Å². The van der Waals surface area contributed by atoms with E-state index in [1.54, 1.807) is 12.1 Å².